The molecule has 2 aliphatic heterocycles. The van der Waals surface area contributed by atoms with Crippen LogP contribution >= 0.6 is 12.4 Å². The first-order valence-electron chi connectivity index (χ1n) is 6.58. The molecule has 100 valence electrons. The highest BCUT2D eigenvalue weighted by atomic mass is 35.5. The van der Waals surface area contributed by atoms with Crippen LogP contribution in [-0.2, 0) is 4.79 Å². The van der Waals surface area contributed by atoms with E-state index in [-0.39, 0.29) is 23.7 Å². The minimum Gasteiger partial charge on any atom is -0.353 e. The minimum atomic E-state index is -0.218. The van der Waals surface area contributed by atoms with Gasteiger partial charge in [-0.2, -0.15) is 0 Å². The summed E-state index contributed by atoms with van der Waals surface area (Å²) >= 11 is 0. The van der Waals surface area contributed by atoms with Gasteiger partial charge in [0.05, 0.1) is 0 Å². The van der Waals surface area contributed by atoms with E-state index in [4.69, 9.17) is 0 Å². The molecule has 0 spiro atoms. The van der Waals surface area contributed by atoms with E-state index in [0.717, 1.165) is 19.3 Å². The number of hydrogen-bond donors (Lipinski definition) is 2. The highest BCUT2D eigenvalue weighted by molar-refractivity contribution is 5.85. The number of halogens is 1. The number of fused-ring (bicyclic) bond motifs is 2. The van der Waals surface area contributed by atoms with Crippen LogP contribution in [0.5, 0.6) is 0 Å². The van der Waals surface area contributed by atoms with Crippen molar-refractivity contribution in [2.75, 3.05) is 0 Å². The molecule has 4 heteroatoms. The van der Waals surface area contributed by atoms with Crippen molar-refractivity contribution >= 4 is 18.3 Å². The first kappa shape index (κ1) is 14.8. The van der Waals surface area contributed by atoms with E-state index >= 15 is 0 Å². The molecule has 2 unspecified atom stereocenters. The van der Waals surface area contributed by atoms with E-state index in [1.807, 2.05) is 13.8 Å². The van der Waals surface area contributed by atoms with Crippen molar-refractivity contribution in [1.82, 2.24) is 10.6 Å². The monoisotopic (exact) mass is 260 g/mol. The van der Waals surface area contributed by atoms with Crippen LogP contribution in [-0.4, -0.2) is 24.0 Å². The quantitative estimate of drug-likeness (QED) is 0.817. The van der Waals surface area contributed by atoms with Crippen molar-refractivity contribution in [1.29, 1.82) is 0 Å². The van der Waals surface area contributed by atoms with Gasteiger partial charge in [-0.25, -0.2) is 0 Å². The lowest BCUT2D eigenvalue weighted by atomic mass is 9.88. The number of amides is 1. The van der Waals surface area contributed by atoms with Crippen molar-refractivity contribution < 1.29 is 4.79 Å². The summed E-state index contributed by atoms with van der Waals surface area (Å²) in [5, 5.41) is 6.83. The number of rotatable bonds is 3. The standard InChI is InChI=1S/C13H24N2O.ClH/c1-4-13(2,3)12(16)15-11-7-9-5-6-10(8-11)14-9;/h9-11,14H,4-8H2,1-3H3,(H,15,16);1H. The Morgan fingerprint density at radius 2 is 1.82 bits per heavy atom. The lowest BCUT2D eigenvalue weighted by Gasteiger charge is -2.32. The first-order chi connectivity index (χ1) is 7.51. The number of hydrogen-bond acceptors (Lipinski definition) is 2. The topological polar surface area (TPSA) is 41.1 Å². The van der Waals surface area contributed by atoms with Gasteiger partial charge in [0.1, 0.15) is 0 Å². The second-order valence-electron chi connectivity index (χ2n) is 6.02. The molecule has 0 aliphatic carbocycles. The SMILES string of the molecule is CCC(C)(C)C(=O)NC1CC2CCC(C1)N2.Cl. The van der Waals surface area contributed by atoms with Crippen molar-refractivity contribution in [3.8, 4) is 0 Å². The molecule has 2 heterocycles. The first-order valence-corrected chi connectivity index (χ1v) is 6.58. The molecule has 0 saturated carbocycles. The summed E-state index contributed by atoms with van der Waals surface area (Å²) in [7, 11) is 0. The molecule has 3 nitrogen and oxygen atoms in total. The van der Waals surface area contributed by atoms with E-state index in [1.54, 1.807) is 0 Å². The average molecular weight is 261 g/mol. The largest absolute Gasteiger partial charge is 0.353 e. The molecule has 2 fully saturated rings. The minimum absolute atomic E-state index is 0. The molecule has 0 aromatic rings. The molecule has 2 aliphatic rings. The highest BCUT2D eigenvalue weighted by Crippen LogP contribution is 2.28. The fourth-order valence-electron chi connectivity index (χ4n) is 2.72. The summed E-state index contributed by atoms with van der Waals surface area (Å²) in [6.07, 6.45) is 5.70. The van der Waals surface area contributed by atoms with Gasteiger partial charge in [-0.1, -0.05) is 20.8 Å². The van der Waals surface area contributed by atoms with Crippen LogP contribution in [0.3, 0.4) is 0 Å². The highest BCUT2D eigenvalue weighted by Gasteiger charge is 2.35. The molecule has 0 aromatic heterocycles. The van der Waals surface area contributed by atoms with Gasteiger partial charge in [0.15, 0.2) is 0 Å². The predicted octanol–water partition coefficient (Wildman–Crippen LogP) is 2.24. The molecule has 0 aromatic carbocycles. The lowest BCUT2D eigenvalue weighted by molar-refractivity contribution is -0.130. The summed E-state index contributed by atoms with van der Waals surface area (Å²) in [6, 6.07) is 1.69. The van der Waals surface area contributed by atoms with E-state index < -0.39 is 0 Å². The van der Waals surface area contributed by atoms with Crippen LogP contribution in [0.15, 0.2) is 0 Å². The molecular weight excluding hydrogens is 236 g/mol. The molecule has 2 N–H and O–H groups in total. The second-order valence-corrected chi connectivity index (χ2v) is 6.02. The van der Waals surface area contributed by atoms with Crippen molar-refractivity contribution in [2.45, 2.75) is 71.0 Å². The fourth-order valence-corrected chi connectivity index (χ4v) is 2.72. The van der Waals surface area contributed by atoms with Gasteiger partial charge in [0, 0.05) is 23.5 Å². The molecular formula is C13H25ClN2O. The van der Waals surface area contributed by atoms with Crippen LogP contribution < -0.4 is 10.6 Å². The van der Waals surface area contributed by atoms with E-state index in [0.29, 0.717) is 18.1 Å². The third kappa shape index (κ3) is 3.35. The second kappa shape index (κ2) is 5.57. The molecule has 1 amide bonds. The molecule has 0 radical (unpaired) electrons. The van der Waals surface area contributed by atoms with E-state index in [9.17, 15) is 4.79 Å². The van der Waals surface area contributed by atoms with Crippen LogP contribution in [0.4, 0.5) is 0 Å². The molecule has 2 rings (SSSR count). The van der Waals surface area contributed by atoms with Gasteiger partial charge in [-0.05, 0) is 32.1 Å². The Balaban J connectivity index is 0.00000144. The van der Waals surface area contributed by atoms with Gasteiger partial charge in [0.2, 0.25) is 5.91 Å². The Kier molecular flexibility index (Phi) is 4.85. The molecule has 17 heavy (non-hydrogen) atoms. The summed E-state index contributed by atoms with van der Waals surface area (Å²) in [6.45, 7) is 6.13. The maximum atomic E-state index is 12.1. The number of carbonyl (C=O) groups excluding carboxylic acids is 1. The number of piperidine rings is 1. The van der Waals surface area contributed by atoms with Crippen LogP contribution in [0.1, 0.15) is 52.9 Å². The van der Waals surface area contributed by atoms with Crippen LogP contribution in [0.2, 0.25) is 0 Å². The molecule has 2 bridgehead atoms. The van der Waals surface area contributed by atoms with Crippen molar-refractivity contribution in [3.05, 3.63) is 0 Å². The van der Waals surface area contributed by atoms with Crippen molar-refractivity contribution in [2.24, 2.45) is 5.41 Å². The van der Waals surface area contributed by atoms with Gasteiger partial charge in [0.25, 0.3) is 0 Å². The third-order valence-electron chi connectivity index (χ3n) is 4.31. The summed E-state index contributed by atoms with van der Waals surface area (Å²) in [4.78, 5) is 12.1. The summed E-state index contributed by atoms with van der Waals surface area (Å²) in [5.74, 6) is 0.223. The summed E-state index contributed by atoms with van der Waals surface area (Å²) < 4.78 is 0. The zero-order valence-electron chi connectivity index (χ0n) is 11.1. The Morgan fingerprint density at radius 1 is 1.29 bits per heavy atom. The fraction of sp³-hybridized carbons (Fsp3) is 0.923. The van der Waals surface area contributed by atoms with Gasteiger partial charge in [-0.15, -0.1) is 12.4 Å². The van der Waals surface area contributed by atoms with Gasteiger partial charge >= 0.3 is 0 Å². The Labute approximate surface area is 111 Å². The van der Waals surface area contributed by atoms with Crippen LogP contribution in [0.25, 0.3) is 0 Å². The van der Waals surface area contributed by atoms with Crippen LogP contribution in [0, 0.1) is 5.41 Å². The summed E-state index contributed by atoms with van der Waals surface area (Å²) in [5.41, 5.74) is -0.218. The average Bonchev–Trinajstić information content (AvgIpc) is 2.58. The Hall–Kier alpha value is -0.280. The molecule has 2 atom stereocenters. The lowest BCUT2D eigenvalue weighted by Crippen LogP contribution is -2.50. The smallest absolute Gasteiger partial charge is 0.225 e. The van der Waals surface area contributed by atoms with Gasteiger partial charge < -0.3 is 10.6 Å². The number of carbonyl (C=O) groups is 1. The maximum Gasteiger partial charge on any atom is 0.225 e. The Morgan fingerprint density at radius 3 is 2.29 bits per heavy atom. The maximum absolute atomic E-state index is 12.1. The molecule has 2 saturated heterocycles. The zero-order chi connectivity index (χ0) is 11.8. The zero-order valence-corrected chi connectivity index (χ0v) is 11.9. The Bertz CT molecular complexity index is 269. The van der Waals surface area contributed by atoms with E-state index in [2.05, 4.69) is 17.6 Å². The number of nitrogens with one attached hydrogen (secondary N) is 2. The van der Waals surface area contributed by atoms with Crippen molar-refractivity contribution in [3.63, 3.8) is 0 Å². The van der Waals surface area contributed by atoms with E-state index in [1.165, 1.54) is 12.8 Å². The predicted molar refractivity (Wildman–Crippen MR) is 72.4 cm³/mol. The van der Waals surface area contributed by atoms with Gasteiger partial charge in [-0.3, -0.25) is 4.79 Å². The third-order valence-corrected chi connectivity index (χ3v) is 4.31. The normalized spacial score (nSPS) is 31.8.